The lowest BCUT2D eigenvalue weighted by molar-refractivity contribution is -0.385. The van der Waals surface area contributed by atoms with Gasteiger partial charge in [-0.2, -0.15) is 0 Å². The fourth-order valence-electron chi connectivity index (χ4n) is 3.30. The second-order valence-corrected chi connectivity index (χ2v) is 8.95. The molecule has 150 valence electrons. The van der Waals surface area contributed by atoms with E-state index in [0.29, 0.717) is 41.6 Å². The highest BCUT2D eigenvalue weighted by Gasteiger charge is 2.27. The van der Waals surface area contributed by atoms with Crippen molar-refractivity contribution in [3.8, 4) is 0 Å². The number of fused-ring (bicyclic) bond motifs is 3. The number of nitrogens with zero attached hydrogens (tertiary/aromatic N) is 1. The lowest BCUT2D eigenvalue weighted by Crippen LogP contribution is -2.14. The predicted molar refractivity (Wildman–Crippen MR) is 107 cm³/mol. The van der Waals surface area contributed by atoms with E-state index in [0.717, 1.165) is 18.2 Å². The largest absolute Gasteiger partial charge is 0.459 e. The van der Waals surface area contributed by atoms with Crippen molar-refractivity contribution in [3.05, 3.63) is 61.8 Å². The number of hydrogen-bond acceptors (Lipinski definition) is 6. The maximum absolute atomic E-state index is 12.8. The molecule has 0 saturated carbocycles. The van der Waals surface area contributed by atoms with Crippen molar-refractivity contribution in [1.82, 2.24) is 0 Å². The number of carbonyl (C=O) groups is 1. The number of non-ortho nitro benzene ring substituents is 1. The molecule has 4 rings (SSSR count). The van der Waals surface area contributed by atoms with Gasteiger partial charge >= 0.3 is 0 Å². The normalized spacial score (nSPS) is 14.1. The third-order valence-electron chi connectivity index (χ3n) is 4.57. The van der Waals surface area contributed by atoms with Crippen LogP contribution in [-0.2, 0) is 16.4 Å². The van der Waals surface area contributed by atoms with Gasteiger partial charge in [0, 0.05) is 30.4 Å². The Balaban J connectivity index is 1.80. The Morgan fingerprint density at radius 3 is 2.59 bits per heavy atom. The highest BCUT2D eigenvalue weighted by atomic mass is 35.5. The summed E-state index contributed by atoms with van der Waals surface area (Å²) in [5.41, 5.74) is 0.371. The van der Waals surface area contributed by atoms with Gasteiger partial charge in [-0.15, -0.1) is 0 Å². The molecule has 1 heterocycles. The highest BCUT2D eigenvalue weighted by molar-refractivity contribution is 7.92. The molecule has 8 nitrogen and oxygen atoms in total. The first-order chi connectivity index (χ1) is 13.7. The van der Waals surface area contributed by atoms with Gasteiger partial charge < -0.3 is 4.42 Å². The Bertz CT molecular complexity index is 1300. The van der Waals surface area contributed by atoms with E-state index in [9.17, 15) is 23.3 Å². The Kier molecular flexibility index (Phi) is 4.76. The molecule has 0 saturated heterocycles. The van der Waals surface area contributed by atoms with Crippen LogP contribution < -0.4 is 4.72 Å². The molecule has 0 unspecified atom stereocenters. The Hall–Kier alpha value is -2.62. The number of nitro benzene ring substituents is 1. The molecule has 0 bridgehead atoms. The highest BCUT2D eigenvalue weighted by Crippen LogP contribution is 2.38. The van der Waals surface area contributed by atoms with Crippen molar-refractivity contribution in [2.45, 2.75) is 24.2 Å². The number of halogens is 2. The molecule has 1 N–H and O–H groups in total. The average molecular weight is 455 g/mol. The Labute approximate surface area is 174 Å². The van der Waals surface area contributed by atoms with Crippen LogP contribution in [0.15, 0.2) is 39.6 Å². The molecule has 0 atom stereocenters. The van der Waals surface area contributed by atoms with Crippen molar-refractivity contribution in [1.29, 1.82) is 0 Å². The van der Waals surface area contributed by atoms with E-state index in [1.165, 1.54) is 12.1 Å². The van der Waals surface area contributed by atoms with Crippen LogP contribution in [-0.4, -0.2) is 19.1 Å². The van der Waals surface area contributed by atoms with Crippen LogP contribution in [0.5, 0.6) is 0 Å². The van der Waals surface area contributed by atoms with Crippen molar-refractivity contribution in [3.63, 3.8) is 0 Å². The molecule has 1 aliphatic rings. The smallest absolute Gasteiger partial charge is 0.270 e. The Morgan fingerprint density at radius 2 is 1.86 bits per heavy atom. The number of Topliss-reactive ketones (excluding diaryl/α,β-unsaturated/α-hetero) is 1. The number of ketones is 1. The molecule has 0 fully saturated rings. The maximum Gasteiger partial charge on any atom is 0.270 e. The number of furan rings is 1. The number of carbonyl (C=O) groups excluding carboxylic acids is 1. The van der Waals surface area contributed by atoms with Crippen molar-refractivity contribution < 1.29 is 22.6 Å². The monoisotopic (exact) mass is 454 g/mol. The number of rotatable bonds is 4. The van der Waals surface area contributed by atoms with Crippen LogP contribution in [0.1, 0.15) is 29.0 Å². The molecule has 29 heavy (non-hydrogen) atoms. The molecule has 1 aromatic heterocycles. The third kappa shape index (κ3) is 3.45. The summed E-state index contributed by atoms with van der Waals surface area (Å²) in [6, 6.07) is 5.90. The van der Waals surface area contributed by atoms with Crippen molar-refractivity contribution in [2.24, 2.45) is 0 Å². The van der Waals surface area contributed by atoms with Gasteiger partial charge in [0.1, 0.15) is 10.7 Å². The van der Waals surface area contributed by atoms with E-state index in [1.54, 1.807) is 0 Å². The summed E-state index contributed by atoms with van der Waals surface area (Å²) >= 11 is 12.2. The molecule has 0 spiro atoms. The molecule has 11 heteroatoms. The fourth-order valence-corrected chi connectivity index (χ4v) is 5.12. The molecule has 0 radical (unpaired) electrons. The summed E-state index contributed by atoms with van der Waals surface area (Å²) in [6.07, 6.45) is 1.64. The third-order valence-corrected chi connectivity index (χ3v) is 6.71. The maximum atomic E-state index is 12.8. The zero-order valence-electron chi connectivity index (χ0n) is 14.6. The average Bonchev–Trinajstić information content (AvgIpc) is 3.02. The predicted octanol–water partition coefficient (Wildman–Crippen LogP) is 4.97. The fraction of sp³-hybridized carbons (Fsp3) is 0.167. The SMILES string of the molecule is O=C1CCCc2oc3c(Cl)cc(NS(=O)(=O)c4cc([N+](=O)[O-])ccc4Cl)cc3c21. The van der Waals surface area contributed by atoms with E-state index in [1.807, 2.05) is 0 Å². The molecule has 0 amide bonds. The molecule has 0 aliphatic heterocycles. The van der Waals surface area contributed by atoms with Crippen LogP contribution in [0.2, 0.25) is 10.0 Å². The lowest BCUT2D eigenvalue weighted by Gasteiger charge is -2.11. The summed E-state index contributed by atoms with van der Waals surface area (Å²) in [6.45, 7) is 0. The summed E-state index contributed by atoms with van der Waals surface area (Å²) in [7, 11) is -4.26. The number of nitro groups is 1. The van der Waals surface area contributed by atoms with Crippen LogP contribution in [0, 0.1) is 10.1 Å². The first-order valence-corrected chi connectivity index (χ1v) is 10.7. The van der Waals surface area contributed by atoms with E-state index in [4.69, 9.17) is 27.6 Å². The zero-order chi connectivity index (χ0) is 20.9. The Morgan fingerprint density at radius 1 is 1.10 bits per heavy atom. The van der Waals surface area contributed by atoms with Gasteiger partial charge in [0.15, 0.2) is 11.4 Å². The summed E-state index contributed by atoms with van der Waals surface area (Å²) in [5.74, 6) is 0.433. The topological polar surface area (TPSA) is 120 Å². The summed E-state index contributed by atoms with van der Waals surface area (Å²) in [5, 5.41) is 11.3. The standard InChI is InChI=1S/C18H12Cl2N2O6S/c19-12-5-4-10(22(24)25)8-16(12)29(26,27)21-9-6-11-17-14(23)2-1-3-15(17)28-18(11)13(20)7-9/h4-8,21H,1-3H2. The van der Waals surface area contributed by atoms with Gasteiger partial charge in [-0.05, 0) is 24.6 Å². The minimum Gasteiger partial charge on any atom is -0.459 e. The van der Waals surface area contributed by atoms with Gasteiger partial charge in [-0.25, -0.2) is 8.42 Å². The number of anilines is 1. The molecule has 2 aromatic carbocycles. The number of benzene rings is 2. The summed E-state index contributed by atoms with van der Waals surface area (Å²) < 4.78 is 33.6. The van der Waals surface area contributed by atoms with Crippen LogP contribution >= 0.6 is 23.2 Å². The van der Waals surface area contributed by atoms with Gasteiger partial charge in [0.25, 0.3) is 15.7 Å². The van der Waals surface area contributed by atoms with Gasteiger partial charge in [-0.1, -0.05) is 23.2 Å². The first-order valence-electron chi connectivity index (χ1n) is 8.42. The quantitative estimate of drug-likeness (QED) is 0.438. The minimum absolute atomic E-state index is 0.0760. The number of hydrogen-bond donors (Lipinski definition) is 1. The van der Waals surface area contributed by atoms with Crippen LogP contribution in [0.4, 0.5) is 11.4 Å². The van der Waals surface area contributed by atoms with Gasteiger partial charge in [-0.3, -0.25) is 19.6 Å². The second kappa shape index (κ2) is 7.01. The number of aryl methyl sites for hydroxylation is 1. The second-order valence-electron chi connectivity index (χ2n) is 6.49. The first kappa shape index (κ1) is 19.7. The van der Waals surface area contributed by atoms with E-state index in [2.05, 4.69) is 4.72 Å². The van der Waals surface area contributed by atoms with E-state index < -0.39 is 25.5 Å². The minimum atomic E-state index is -4.26. The lowest BCUT2D eigenvalue weighted by atomic mass is 9.94. The van der Waals surface area contributed by atoms with Gasteiger partial charge in [0.2, 0.25) is 0 Å². The molecule has 1 aliphatic carbocycles. The van der Waals surface area contributed by atoms with Crippen LogP contribution in [0.3, 0.4) is 0 Å². The number of sulfonamides is 1. The van der Waals surface area contributed by atoms with Crippen LogP contribution in [0.25, 0.3) is 11.0 Å². The number of nitrogens with one attached hydrogen (secondary N) is 1. The molecular formula is C18H12Cl2N2O6S. The van der Waals surface area contributed by atoms with Gasteiger partial charge in [0.05, 0.1) is 26.2 Å². The van der Waals surface area contributed by atoms with Crippen molar-refractivity contribution in [2.75, 3.05) is 4.72 Å². The van der Waals surface area contributed by atoms with E-state index >= 15 is 0 Å². The van der Waals surface area contributed by atoms with Crippen molar-refractivity contribution >= 4 is 61.4 Å². The molecular weight excluding hydrogens is 443 g/mol. The van der Waals surface area contributed by atoms with E-state index in [-0.39, 0.29) is 21.5 Å². The summed E-state index contributed by atoms with van der Waals surface area (Å²) in [4.78, 5) is 22.1. The molecule has 3 aromatic rings. The zero-order valence-corrected chi connectivity index (χ0v) is 16.9.